The number of carboxylic acid groups (broad SMARTS) is 1. The molecule has 25 heavy (non-hydrogen) atoms. The number of para-hydroxylation sites is 1. The number of nitrogens with zero attached hydrogens (tertiary/aromatic N) is 1. The minimum absolute atomic E-state index is 0.0239. The van der Waals surface area contributed by atoms with Gasteiger partial charge >= 0.3 is 12.6 Å². The first-order chi connectivity index (χ1) is 11.9. The summed E-state index contributed by atoms with van der Waals surface area (Å²) in [6, 6.07) is 6.17. The molecule has 0 aromatic heterocycles. The summed E-state index contributed by atoms with van der Waals surface area (Å²) in [4.78, 5) is 24.6. The fraction of sp³-hybridized carbons (Fsp3) is 0.312. The monoisotopic (exact) mass is 387 g/mol. The molecule has 1 heterocycles. The van der Waals surface area contributed by atoms with Crippen LogP contribution in [0.25, 0.3) is 6.08 Å². The minimum atomic E-state index is -2.96. The van der Waals surface area contributed by atoms with E-state index >= 15 is 0 Å². The topological polar surface area (TPSA) is 66.8 Å². The summed E-state index contributed by atoms with van der Waals surface area (Å²) in [6.07, 6.45) is 2.45. The Labute approximate surface area is 152 Å². The van der Waals surface area contributed by atoms with Gasteiger partial charge in [-0.3, -0.25) is 14.5 Å². The lowest BCUT2D eigenvalue weighted by Crippen LogP contribution is -2.29. The molecule has 9 heteroatoms. The van der Waals surface area contributed by atoms with Gasteiger partial charge < -0.3 is 9.84 Å². The molecular weight excluding hydrogens is 372 g/mol. The number of alkyl halides is 2. The van der Waals surface area contributed by atoms with E-state index in [1.807, 2.05) is 0 Å². The molecule has 1 fully saturated rings. The van der Waals surface area contributed by atoms with Gasteiger partial charge in [-0.25, -0.2) is 0 Å². The van der Waals surface area contributed by atoms with Crippen LogP contribution in [0.4, 0.5) is 8.78 Å². The van der Waals surface area contributed by atoms with Crippen molar-refractivity contribution in [2.45, 2.75) is 25.9 Å². The number of halogens is 2. The van der Waals surface area contributed by atoms with Crippen molar-refractivity contribution in [3.05, 3.63) is 34.7 Å². The Morgan fingerprint density at radius 2 is 2.08 bits per heavy atom. The third-order valence-electron chi connectivity index (χ3n) is 3.32. The molecule has 0 saturated carbocycles. The summed E-state index contributed by atoms with van der Waals surface area (Å²) in [5.41, 5.74) is 0.356. The molecule has 1 aromatic rings. The first-order valence-electron chi connectivity index (χ1n) is 7.39. The quantitative estimate of drug-likeness (QED) is 0.416. The van der Waals surface area contributed by atoms with E-state index in [2.05, 4.69) is 4.74 Å². The lowest BCUT2D eigenvalue weighted by molar-refractivity contribution is -0.137. The lowest BCUT2D eigenvalue weighted by Gasteiger charge is -2.13. The Morgan fingerprint density at radius 3 is 2.76 bits per heavy atom. The number of rotatable bonds is 8. The zero-order chi connectivity index (χ0) is 18.4. The second kappa shape index (κ2) is 8.91. The highest BCUT2D eigenvalue weighted by Gasteiger charge is 2.31. The lowest BCUT2D eigenvalue weighted by atomic mass is 10.2. The van der Waals surface area contributed by atoms with Crippen molar-refractivity contribution in [1.29, 1.82) is 0 Å². The van der Waals surface area contributed by atoms with Crippen LogP contribution in [0, 0.1) is 0 Å². The number of carboxylic acids is 1. The number of carbonyl (C=O) groups is 2. The predicted molar refractivity (Wildman–Crippen MR) is 94.4 cm³/mol. The van der Waals surface area contributed by atoms with Gasteiger partial charge in [0, 0.05) is 18.5 Å². The van der Waals surface area contributed by atoms with Crippen molar-refractivity contribution in [1.82, 2.24) is 4.90 Å². The van der Waals surface area contributed by atoms with Gasteiger partial charge in [0.1, 0.15) is 10.1 Å². The molecule has 0 atom stereocenters. The molecule has 1 aromatic carbocycles. The van der Waals surface area contributed by atoms with Crippen LogP contribution >= 0.6 is 24.0 Å². The Kier molecular flexibility index (Phi) is 6.89. The number of aliphatic carboxylic acids is 1. The second-order valence-electron chi connectivity index (χ2n) is 5.10. The normalized spacial score (nSPS) is 16.1. The van der Waals surface area contributed by atoms with E-state index in [1.165, 1.54) is 17.0 Å². The average molecular weight is 387 g/mol. The maximum Gasteiger partial charge on any atom is 0.387 e. The van der Waals surface area contributed by atoms with E-state index in [-0.39, 0.29) is 18.1 Å². The molecule has 2 rings (SSSR count). The van der Waals surface area contributed by atoms with Gasteiger partial charge in [0.2, 0.25) is 0 Å². The Balaban J connectivity index is 2.08. The van der Waals surface area contributed by atoms with Crippen LogP contribution in [-0.4, -0.2) is 39.4 Å². The van der Waals surface area contributed by atoms with Gasteiger partial charge in [-0.1, -0.05) is 42.2 Å². The van der Waals surface area contributed by atoms with Gasteiger partial charge in [-0.15, -0.1) is 0 Å². The average Bonchev–Trinajstić information content (AvgIpc) is 2.79. The molecule has 1 aliphatic rings. The fourth-order valence-electron chi connectivity index (χ4n) is 2.18. The highest BCUT2D eigenvalue weighted by Crippen LogP contribution is 2.34. The summed E-state index contributed by atoms with van der Waals surface area (Å²) in [6.45, 7) is -2.64. The molecule has 1 N–H and O–H groups in total. The second-order valence-corrected chi connectivity index (χ2v) is 6.78. The highest BCUT2D eigenvalue weighted by atomic mass is 32.2. The third-order valence-corrected chi connectivity index (χ3v) is 4.70. The number of amides is 1. The highest BCUT2D eigenvalue weighted by molar-refractivity contribution is 8.26. The number of ether oxygens (including phenoxy) is 1. The molecule has 0 spiro atoms. The molecule has 1 aliphatic heterocycles. The number of carbonyl (C=O) groups excluding carboxylic acids is 1. The molecule has 5 nitrogen and oxygen atoms in total. The molecule has 0 bridgehead atoms. The van der Waals surface area contributed by atoms with Crippen LogP contribution in [0.5, 0.6) is 5.75 Å². The number of hydrogen-bond donors (Lipinski definition) is 1. The smallest absolute Gasteiger partial charge is 0.387 e. The van der Waals surface area contributed by atoms with Gasteiger partial charge in [0.25, 0.3) is 5.91 Å². The van der Waals surface area contributed by atoms with Crippen LogP contribution in [0.1, 0.15) is 24.8 Å². The van der Waals surface area contributed by atoms with E-state index < -0.39 is 12.6 Å². The number of thiocarbonyl (C=S) groups is 1. The summed E-state index contributed by atoms with van der Waals surface area (Å²) in [7, 11) is 0. The summed E-state index contributed by atoms with van der Waals surface area (Å²) in [5.74, 6) is -1.23. The van der Waals surface area contributed by atoms with Crippen molar-refractivity contribution >= 4 is 46.3 Å². The van der Waals surface area contributed by atoms with Crippen molar-refractivity contribution in [2.75, 3.05) is 6.54 Å². The predicted octanol–water partition coefficient (Wildman–Crippen LogP) is 3.74. The maximum absolute atomic E-state index is 12.5. The van der Waals surface area contributed by atoms with Crippen molar-refractivity contribution in [2.24, 2.45) is 0 Å². The van der Waals surface area contributed by atoms with E-state index in [4.69, 9.17) is 17.3 Å². The first-order valence-corrected chi connectivity index (χ1v) is 8.62. The van der Waals surface area contributed by atoms with E-state index in [9.17, 15) is 18.4 Å². The Hall–Kier alpha value is -2.00. The molecule has 0 unspecified atom stereocenters. The van der Waals surface area contributed by atoms with Crippen molar-refractivity contribution in [3.63, 3.8) is 0 Å². The standard InChI is InChI=1S/C16H15F2NO4S2/c17-15(18)23-11-6-2-1-5-10(11)9-12-14(22)19(16(24)25-12)8-4-3-7-13(20)21/h1-2,5-6,9,15H,3-4,7-8H2,(H,20,21)/b12-9+. The van der Waals surface area contributed by atoms with Gasteiger partial charge in [0.15, 0.2) is 0 Å². The first kappa shape index (κ1) is 19.3. The van der Waals surface area contributed by atoms with E-state index in [0.717, 1.165) is 11.8 Å². The fourth-order valence-corrected chi connectivity index (χ4v) is 3.48. The molecular formula is C16H15F2NO4S2. The zero-order valence-electron chi connectivity index (χ0n) is 13.0. The molecule has 1 saturated heterocycles. The number of hydrogen-bond acceptors (Lipinski definition) is 5. The molecule has 0 aliphatic carbocycles. The maximum atomic E-state index is 12.5. The summed E-state index contributed by atoms with van der Waals surface area (Å²) in [5, 5.41) is 8.62. The summed E-state index contributed by atoms with van der Waals surface area (Å²) < 4.78 is 29.7. The number of unbranched alkanes of at least 4 members (excludes halogenated alkanes) is 1. The largest absolute Gasteiger partial charge is 0.481 e. The molecule has 134 valence electrons. The van der Waals surface area contributed by atoms with Crippen molar-refractivity contribution < 1.29 is 28.2 Å². The van der Waals surface area contributed by atoms with Crippen LogP contribution in [0.3, 0.4) is 0 Å². The zero-order valence-corrected chi connectivity index (χ0v) is 14.6. The van der Waals surface area contributed by atoms with Crippen molar-refractivity contribution in [3.8, 4) is 5.75 Å². The third kappa shape index (κ3) is 5.50. The van der Waals surface area contributed by atoms with Gasteiger partial charge in [-0.05, 0) is 25.0 Å². The van der Waals surface area contributed by atoms with Gasteiger partial charge in [-0.2, -0.15) is 8.78 Å². The minimum Gasteiger partial charge on any atom is -0.481 e. The van der Waals surface area contributed by atoms with Crippen LogP contribution in [0.15, 0.2) is 29.2 Å². The number of thioether (sulfide) groups is 1. The van der Waals surface area contributed by atoms with E-state index in [1.54, 1.807) is 18.2 Å². The SMILES string of the molecule is O=C(O)CCCCN1C(=O)/C(=C\c2ccccc2OC(F)F)SC1=S. The van der Waals surface area contributed by atoms with Gasteiger partial charge in [0.05, 0.1) is 4.91 Å². The molecule has 0 radical (unpaired) electrons. The van der Waals surface area contributed by atoms with Crippen LogP contribution < -0.4 is 4.74 Å². The van der Waals surface area contributed by atoms with E-state index in [0.29, 0.717) is 34.2 Å². The summed E-state index contributed by atoms with van der Waals surface area (Å²) >= 11 is 6.25. The Morgan fingerprint density at radius 1 is 1.36 bits per heavy atom. The number of benzene rings is 1. The Bertz CT molecular complexity index is 709. The van der Waals surface area contributed by atoms with Crippen LogP contribution in [0.2, 0.25) is 0 Å². The van der Waals surface area contributed by atoms with Crippen LogP contribution in [-0.2, 0) is 9.59 Å². The molecule has 1 amide bonds.